The summed E-state index contributed by atoms with van der Waals surface area (Å²) >= 11 is 0. The molecule has 0 unspecified atom stereocenters. The lowest BCUT2D eigenvalue weighted by molar-refractivity contribution is 0.669. The van der Waals surface area contributed by atoms with Crippen LogP contribution in [0.3, 0.4) is 0 Å². The molecule has 0 saturated heterocycles. The molecular formula is C47H29N3O. The van der Waals surface area contributed by atoms with Gasteiger partial charge in [-0.15, -0.1) is 0 Å². The number of benzene rings is 7. The summed E-state index contributed by atoms with van der Waals surface area (Å²) in [7, 11) is 0. The first-order chi connectivity index (χ1) is 25.3. The third-order valence-electron chi connectivity index (χ3n) is 10.4. The Kier molecular flexibility index (Phi) is 5.92. The summed E-state index contributed by atoms with van der Waals surface area (Å²) in [6.07, 6.45) is 3.74. The fourth-order valence-electron chi connectivity index (χ4n) is 8.06. The van der Waals surface area contributed by atoms with Crippen molar-refractivity contribution in [1.82, 2.24) is 14.1 Å². The third kappa shape index (κ3) is 4.23. The Balaban J connectivity index is 1.07. The summed E-state index contributed by atoms with van der Waals surface area (Å²) < 4.78 is 11.1. The Morgan fingerprint density at radius 2 is 0.882 bits per heavy atom. The average Bonchev–Trinajstić information content (AvgIpc) is 3.85. The molecular weight excluding hydrogens is 623 g/mol. The monoisotopic (exact) mass is 651 g/mol. The van der Waals surface area contributed by atoms with Crippen LogP contribution in [0.2, 0.25) is 0 Å². The fourth-order valence-corrected chi connectivity index (χ4v) is 8.06. The maximum absolute atomic E-state index is 6.42. The Morgan fingerprint density at radius 3 is 1.55 bits per heavy atom. The number of hydrogen-bond donors (Lipinski definition) is 0. The molecule has 0 fully saturated rings. The van der Waals surface area contributed by atoms with Crippen LogP contribution < -0.4 is 0 Å². The van der Waals surface area contributed by atoms with Gasteiger partial charge in [-0.05, 0) is 102 Å². The SMILES string of the molecule is c1ccc(-n2c3ccccc3c3cc(-c4ccc5oc6ccc(-n7c8ccccc8c8cc(-c9cccnc9)ccc87)cc6c5c4)ccc32)cc1. The molecule has 0 amide bonds. The minimum atomic E-state index is 0.881. The van der Waals surface area contributed by atoms with Crippen LogP contribution in [-0.4, -0.2) is 14.1 Å². The molecule has 0 N–H and O–H groups in total. The van der Waals surface area contributed by atoms with Crippen molar-refractivity contribution in [2.75, 3.05) is 0 Å². The van der Waals surface area contributed by atoms with Crippen molar-refractivity contribution >= 4 is 65.6 Å². The van der Waals surface area contributed by atoms with Crippen LogP contribution in [0.5, 0.6) is 0 Å². The molecule has 4 aromatic heterocycles. The summed E-state index contributed by atoms with van der Waals surface area (Å²) in [5, 5.41) is 7.14. The minimum Gasteiger partial charge on any atom is -0.456 e. The number of nitrogens with zero attached hydrogens (tertiary/aromatic N) is 3. The van der Waals surface area contributed by atoms with E-state index < -0.39 is 0 Å². The van der Waals surface area contributed by atoms with Crippen LogP contribution >= 0.6 is 0 Å². The maximum atomic E-state index is 6.42. The molecule has 0 atom stereocenters. The van der Waals surface area contributed by atoms with E-state index in [-0.39, 0.29) is 0 Å². The van der Waals surface area contributed by atoms with Crippen molar-refractivity contribution < 1.29 is 4.42 Å². The Morgan fingerprint density at radius 1 is 0.353 bits per heavy atom. The van der Waals surface area contributed by atoms with Gasteiger partial charge in [0.25, 0.3) is 0 Å². The van der Waals surface area contributed by atoms with E-state index in [9.17, 15) is 0 Å². The van der Waals surface area contributed by atoms with Crippen LogP contribution in [0.1, 0.15) is 0 Å². The summed E-state index contributed by atoms with van der Waals surface area (Å²) in [6, 6.07) is 58.7. The van der Waals surface area contributed by atoms with Crippen LogP contribution in [-0.2, 0) is 0 Å². The number of aromatic nitrogens is 3. The van der Waals surface area contributed by atoms with Gasteiger partial charge >= 0.3 is 0 Å². The van der Waals surface area contributed by atoms with Gasteiger partial charge in [0, 0.05) is 61.6 Å². The van der Waals surface area contributed by atoms with Crippen LogP contribution in [0, 0.1) is 0 Å². The highest BCUT2D eigenvalue weighted by Crippen LogP contribution is 2.39. The van der Waals surface area contributed by atoms with E-state index in [0.29, 0.717) is 0 Å². The predicted octanol–water partition coefficient (Wildman–Crippen LogP) is 12.5. The molecule has 11 rings (SSSR count). The molecule has 11 aromatic rings. The third-order valence-corrected chi connectivity index (χ3v) is 10.4. The summed E-state index contributed by atoms with van der Waals surface area (Å²) in [6.45, 7) is 0. The van der Waals surface area contributed by atoms with Crippen molar-refractivity contribution in [3.63, 3.8) is 0 Å². The van der Waals surface area contributed by atoms with Gasteiger partial charge in [-0.3, -0.25) is 4.98 Å². The molecule has 0 aliphatic carbocycles. The molecule has 0 aliphatic heterocycles. The fraction of sp³-hybridized carbons (Fsp3) is 0. The van der Waals surface area contributed by atoms with Crippen molar-refractivity contribution in [3.05, 3.63) is 176 Å². The van der Waals surface area contributed by atoms with Gasteiger partial charge in [0.1, 0.15) is 11.2 Å². The molecule has 4 heteroatoms. The van der Waals surface area contributed by atoms with Gasteiger partial charge in [-0.25, -0.2) is 0 Å². The Bertz CT molecular complexity index is 3130. The maximum Gasteiger partial charge on any atom is 0.135 e. The number of hydrogen-bond acceptors (Lipinski definition) is 2. The smallest absolute Gasteiger partial charge is 0.135 e. The van der Waals surface area contributed by atoms with E-state index in [1.165, 1.54) is 49.2 Å². The summed E-state index contributed by atoms with van der Waals surface area (Å²) in [5.74, 6) is 0. The van der Waals surface area contributed by atoms with E-state index in [4.69, 9.17) is 4.42 Å². The summed E-state index contributed by atoms with van der Waals surface area (Å²) in [4.78, 5) is 4.35. The first kappa shape index (κ1) is 28.0. The lowest BCUT2D eigenvalue weighted by atomic mass is 10.0. The van der Waals surface area contributed by atoms with E-state index in [1.807, 2.05) is 18.5 Å². The molecule has 0 bridgehead atoms. The molecule has 51 heavy (non-hydrogen) atoms. The van der Waals surface area contributed by atoms with E-state index in [0.717, 1.165) is 50.0 Å². The second kappa shape index (κ2) is 10.8. The van der Waals surface area contributed by atoms with Gasteiger partial charge < -0.3 is 13.6 Å². The molecule has 4 heterocycles. The zero-order valence-corrected chi connectivity index (χ0v) is 27.5. The topological polar surface area (TPSA) is 35.9 Å². The van der Waals surface area contributed by atoms with Gasteiger partial charge in [0.2, 0.25) is 0 Å². The second-order valence-electron chi connectivity index (χ2n) is 13.2. The molecule has 238 valence electrons. The predicted molar refractivity (Wildman–Crippen MR) is 211 cm³/mol. The number of fused-ring (bicyclic) bond motifs is 9. The number of pyridine rings is 1. The molecule has 7 aromatic carbocycles. The highest BCUT2D eigenvalue weighted by molar-refractivity contribution is 6.13. The van der Waals surface area contributed by atoms with E-state index in [1.54, 1.807) is 0 Å². The van der Waals surface area contributed by atoms with Crippen molar-refractivity contribution in [2.45, 2.75) is 0 Å². The van der Waals surface area contributed by atoms with Crippen LogP contribution in [0.15, 0.2) is 181 Å². The van der Waals surface area contributed by atoms with Gasteiger partial charge in [0.15, 0.2) is 0 Å². The average molecular weight is 652 g/mol. The quantitative estimate of drug-likeness (QED) is 0.190. The highest BCUT2D eigenvalue weighted by Gasteiger charge is 2.17. The largest absolute Gasteiger partial charge is 0.456 e. The number of rotatable bonds is 4. The van der Waals surface area contributed by atoms with E-state index in [2.05, 4.69) is 172 Å². The molecule has 0 aliphatic rings. The van der Waals surface area contributed by atoms with Gasteiger partial charge in [-0.1, -0.05) is 78.9 Å². The van der Waals surface area contributed by atoms with Crippen molar-refractivity contribution in [2.24, 2.45) is 0 Å². The normalized spacial score (nSPS) is 11.9. The highest BCUT2D eigenvalue weighted by atomic mass is 16.3. The lowest BCUT2D eigenvalue weighted by Crippen LogP contribution is -1.93. The van der Waals surface area contributed by atoms with E-state index >= 15 is 0 Å². The second-order valence-corrected chi connectivity index (χ2v) is 13.2. The van der Waals surface area contributed by atoms with Gasteiger partial charge in [0.05, 0.1) is 22.1 Å². The van der Waals surface area contributed by atoms with Gasteiger partial charge in [-0.2, -0.15) is 0 Å². The first-order valence-corrected chi connectivity index (χ1v) is 17.3. The molecule has 0 spiro atoms. The molecule has 0 saturated carbocycles. The number of para-hydroxylation sites is 3. The molecule has 4 nitrogen and oxygen atoms in total. The Labute approximate surface area is 293 Å². The molecule has 0 radical (unpaired) electrons. The summed E-state index contributed by atoms with van der Waals surface area (Å²) in [5.41, 5.74) is 13.4. The van der Waals surface area contributed by atoms with Crippen molar-refractivity contribution in [1.29, 1.82) is 0 Å². The minimum absolute atomic E-state index is 0.881. The zero-order chi connectivity index (χ0) is 33.5. The van der Waals surface area contributed by atoms with Crippen molar-refractivity contribution in [3.8, 4) is 33.6 Å². The van der Waals surface area contributed by atoms with Crippen LogP contribution in [0.25, 0.3) is 99.2 Å². The first-order valence-electron chi connectivity index (χ1n) is 17.3. The lowest BCUT2D eigenvalue weighted by Gasteiger charge is -2.09. The standard InChI is InChI=1S/C47H29N3O/c1-2-10-34(11-3-1)49-42-14-6-4-12-36(42)38-25-30(16-20-44(38)49)31-18-22-46-40(27-31)41-28-35(19-23-47(41)51-46)50-43-15-7-5-13-37(43)39-26-32(17-21-45(39)50)33-9-8-24-48-29-33/h1-29H. The number of furan rings is 1. The Hall–Kier alpha value is -6.91. The van der Waals surface area contributed by atoms with Crippen LogP contribution in [0.4, 0.5) is 0 Å². The zero-order valence-electron chi connectivity index (χ0n) is 27.5.